The van der Waals surface area contributed by atoms with Gasteiger partial charge in [-0.3, -0.25) is 9.10 Å². The van der Waals surface area contributed by atoms with Crippen LogP contribution in [0.25, 0.3) is 0 Å². The summed E-state index contributed by atoms with van der Waals surface area (Å²) in [6, 6.07) is 24.3. The first kappa shape index (κ1) is 21.4. The smallest absolute Gasteiger partial charge is 0.264 e. The summed E-state index contributed by atoms with van der Waals surface area (Å²) in [6.07, 6.45) is 0. The molecule has 3 aromatic rings. The van der Waals surface area contributed by atoms with E-state index in [-0.39, 0.29) is 23.5 Å². The predicted molar refractivity (Wildman–Crippen MR) is 117 cm³/mol. The number of sulfonamides is 1. The van der Waals surface area contributed by atoms with E-state index in [2.05, 4.69) is 5.32 Å². The van der Waals surface area contributed by atoms with Gasteiger partial charge in [0.1, 0.15) is 5.75 Å². The number of nitrogens with zero attached hydrogens (tertiary/aromatic N) is 1. The van der Waals surface area contributed by atoms with Crippen LogP contribution in [-0.2, 0) is 14.8 Å². The van der Waals surface area contributed by atoms with Crippen LogP contribution in [0.4, 0.5) is 5.69 Å². The van der Waals surface area contributed by atoms with Gasteiger partial charge >= 0.3 is 0 Å². The minimum Gasteiger partial charge on any atom is -0.484 e. The van der Waals surface area contributed by atoms with Crippen LogP contribution in [0, 0.1) is 0 Å². The number of carbonyl (C=O) groups is 1. The lowest BCUT2D eigenvalue weighted by atomic mass is 10.1. The Morgan fingerprint density at radius 3 is 2.10 bits per heavy atom. The zero-order valence-electron chi connectivity index (χ0n) is 16.9. The van der Waals surface area contributed by atoms with E-state index in [0.29, 0.717) is 11.4 Å². The summed E-state index contributed by atoms with van der Waals surface area (Å²) in [7, 11) is -2.15. The second kappa shape index (κ2) is 9.45. The zero-order chi connectivity index (χ0) is 21.6. The molecule has 0 aliphatic carbocycles. The van der Waals surface area contributed by atoms with Crippen molar-refractivity contribution in [1.82, 2.24) is 5.32 Å². The Bertz CT molecular complexity index is 1070. The number of carbonyl (C=O) groups excluding carboxylic acids is 1. The summed E-state index contributed by atoms with van der Waals surface area (Å²) in [5.74, 6) is 0.242. The molecule has 0 unspecified atom stereocenters. The molecule has 1 N–H and O–H groups in total. The molecule has 7 heteroatoms. The Morgan fingerprint density at radius 1 is 0.933 bits per heavy atom. The molecular formula is C23H24N2O4S. The van der Waals surface area contributed by atoms with Crippen LogP contribution in [0.1, 0.15) is 18.5 Å². The van der Waals surface area contributed by atoms with Crippen molar-refractivity contribution in [2.24, 2.45) is 0 Å². The number of nitrogens with one attached hydrogen (secondary N) is 1. The zero-order valence-corrected chi connectivity index (χ0v) is 17.7. The van der Waals surface area contributed by atoms with E-state index in [9.17, 15) is 13.2 Å². The summed E-state index contributed by atoms with van der Waals surface area (Å²) >= 11 is 0. The van der Waals surface area contributed by atoms with Gasteiger partial charge in [0.15, 0.2) is 6.61 Å². The second-order valence-corrected chi connectivity index (χ2v) is 8.74. The van der Waals surface area contributed by atoms with Gasteiger partial charge in [0.2, 0.25) is 0 Å². The number of hydrogen-bond donors (Lipinski definition) is 1. The Kier molecular flexibility index (Phi) is 6.74. The number of ether oxygens (including phenoxy) is 1. The molecule has 0 fully saturated rings. The van der Waals surface area contributed by atoms with Crippen LogP contribution < -0.4 is 14.4 Å². The molecule has 0 saturated carbocycles. The monoisotopic (exact) mass is 424 g/mol. The lowest BCUT2D eigenvalue weighted by Gasteiger charge is -2.20. The fourth-order valence-electron chi connectivity index (χ4n) is 2.90. The third-order valence-corrected chi connectivity index (χ3v) is 6.45. The SMILES string of the molecule is C[C@@H](NC(=O)COc1ccc(N(C)S(=O)(=O)c2ccccc2)cc1)c1ccccc1. The van der Waals surface area contributed by atoms with Crippen LogP contribution in [0.2, 0.25) is 0 Å². The van der Waals surface area contributed by atoms with E-state index in [4.69, 9.17) is 4.74 Å². The average Bonchev–Trinajstić information content (AvgIpc) is 2.78. The molecule has 0 bridgehead atoms. The molecule has 0 heterocycles. The fraction of sp³-hybridized carbons (Fsp3) is 0.174. The molecule has 30 heavy (non-hydrogen) atoms. The third kappa shape index (κ3) is 5.18. The first-order chi connectivity index (χ1) is 14.4. The molecular weight excluding hydrogens is 400 g/mol. The van der Waals surface area contributed by atoms with Gasteiger partial charge in [-0.1, -0.05) is 48.5 Å². The molecule has 3 rings (SSSR count). The van der Waals surface area contributed by atoms with E-state index in [1.54, 1.807) is 54.6 Å². The summed E-state index contributed by atoms with van der Waals surface area (Å²) in [6.45, 7) is 1.78. The third-order valence-electron chi connectivity index (χ3n) is 4.65. The molecule has 6 nitrogen and oxygen atoms in total. The Labute approximate surface area is 177 Å². The number of amides is 1. The largest absolute Gasteiger partial charge is 0.484 e. The summed E-state index contributed by atoms with van der Waals surface area (Å²) in [4.78, 5) is 12.4. The molecule has 1 atom stereocenters. The standard InChI is InChI=1S/C23H24N2O4S/c1-18(19-9-5-3-6-10-19)24-23(26)17-29-21-15-13-20(14-16-21)25(2)30(27,28)22-11-7-4-8-12-22/h3-16,18H,17H2,1-2H3,(H,24,26)/t18-/m1/s1. The maximum absolute atomic E-state index is 12.7. The molecule has 156 valence electrons. The molecule has 0 aliphatic rings. The maximum atomic E-state index is 12.7. The van der Waals surface area contributed by atoms with Gasteiger partial charge in [-0.05, 0) is 48.9 Å². The lowest BCUT2D eigenvalue weighted by molar-refractivity contribution is -0.123. The van der Waals surface area contributed by atoms with Gasteiger partial charge < -0.3 is 10.1 Å². The highest BCUT2D eigenvalue weighted by molar-refractivity contribution is 7.92. The van der Waals surface area contributed by atoms with Crippen molar-refractivity contribution in [2.75, 3.05) is 18.0 Å². The number of hydrogen-bond acceptors (Lipinski definition) is 4. The highest BCUT2D eigenvalue weighted by Crippen LogP contribution is 2.24. The first-order valence-electron chi connectivity index (χ1n) is 9.49. The van der Waals surface area contributed by atoms with Crippen LogP contribution in [-0.4, -0.2) is 28.0 Å². The number of rotatable bonds is 8. The average molecular weight is 425 g/mol. The van der Waals surface area contributed by atoms with Crippen molar-refractivity contribution < 1.29 is 17.9 Å². The van der Waals surface area contributed by atoms with Gasteiger partial charge in [-0.15, -0.1) is 0 Å². The number of anilines is 1. The van der Waals surface area contributed by atoms with Gasteiger partial charge in [0.05, 0.1) is 16.6 Å². The van der Waals surface area contributed by atoms with E-state index >= 15 is 0 Å². The van der Waals surface area contributed by atoms with Crippen molar-refractivity contribution in [3.63, 3.8) is 0 Å². The van der Waals surface area contributed by atoms with E-state index in [1.165, 1.54) is 11.4 Å². The second-order valence-electron chi connectivity index (χ2n) is 6.77. The fourth-order valence-corrected chi connectivity index (χ4v) is 4.12. The molecule has 0 radical (unpaired) electrons. The Balaban J connectivity index is 1.57. The van der Waals surface area contributed by atoms with Gasteiger partial charge in [-0.25, -0.2) is 8.42 Å². The van der Waals surface area contributed by atoms with E-state index < -0.39 is 10.0 Å². The highest BCUT2D eigenvalue weighted by Gasteiger charge is 2.20. The van der Waals surface area contributed by atoms with Gasteiger partial charge in [0.25, 0.3) is 15.9 Å². The molecule has 0 saturated heterocycles. The quantitative estimate of drug-likeness (QED) is 0.597. The van der Waals surface area contributed by atoms with Crippen molar-refractivity contribution in [3.8, 4) is 5.75 Å². The lowest BCUT2D eigenvalue weighted by Crippen LogP contribution is -2.31. The number of benzene rings is 3. The Hall–Kier alpha value is -3.32. The highest BCUT2D eigenvalue weighted by atomic mass is 32.2. The molecule has 0 aromatic heterocycles. The minimum absolute atomic E-state index is 0.124. The normalized spacial score (nSPS) is 12.1. The van der Waals surface area contributed by atoms with E-state index in [0.717, 1.165) is 5.56 Å². The van der Waals surface area contributed by atoms with Crippen LogP contribution in [0.15, 0.2) is 89.8 Å². The van der Waals surface area contributed by atoms with Crippen molar-refractivity contribution in [3.05, 3.63) is 90.5 Å². The van der Waals surface area contributed by atoms with Crippen LogP contribution in [0.3, 0.4) is 0 Å². The predicted octanol–water partition coefficient (Wildman–Crippen LogP) is 3.77. The summed E-state index contributed by atoms with van der Waals surface area (Å²) < 4.78 is 32.1. The van der Waals surface area contributed by atoms with Crippen molar-refractivity contribution in [2.45, 2.75) is 17.9 Å². The minimum atomic E-state index is -3.64. The van der Waals surface area contributed by atoms with Crippen LogP contribution >= 0.6 is 0 Å². The van der Waals surface area contributed by atoms with Crippen molar-refractivity contribution >= 4 is 21.6 Å². The summed E-state index contributed by atoms with van der Waals surface area (Å²) in [5, 5.41) is 2.88. The Morgan fingerprint density at radius 2 is 1.50 bits per heavy atom. The van der Waals surface area contributed by atoms with Crippen molar-refractivity contribution in [1.29, 1.82) is 0 Å². The maximum Gasteiger partial charge on any atom is 0.264 e. The topological polar surface area (TPSA) is 75.7 Å². The first-order valence-corrected chi connectivity index (χ1v) is 10.9. The molecule has 1 amide bonds. The summed E-state index contributed by atoms with van der Waals surface area (Å²) in [5.41, 5.74) is 1.51. The molecule has 0 aliphatic heterocycles. The molecule has 0 spiro atoms. The van der Waals surface area contributed by atoms with Gasteiger partial charge in [0, 0.05) is 7.05 Å². The van der Waals surface area contributed by atoms with Crippen LogP contribution in [0.5, 0.6) is 5.75 Å². The van der Waals surface area contributed by atoms with Gasteiger partial charge in [-0.2, -0.15) is 0 Å². The van der Waals surface area contributed by atoms with E-state index in [1.807, 2.05) is 37.3 Å². The molecule has 3 aromatic carbocycles.